The van der Waals surface area contributed by atoms with E-state index in [1.807, 2.05) is 0 Å². The number of anilines is 1. The highest BCUT2D eigenvalue weighted by Crippen LogP contribution is 2.32. The fourth-order valence-electron chi connectivity index (χ4n) is 1.86. The highest BCUT2D eigenvalue weighted by molar-refractivity contribution is 7.22. The van der Waals surface area contributed by atoms with Crippen molar-refractivity contribution in [2.24, 2.45) is 0 Å². The molecule has 1 amide bonds. The van der Waals surface area contributed by atoms with E-state index in [0.717, 1.165) is 23.5 Å². The van der Waals surface area contributed by atoms with Crippen LogP contribution in [0.25, 0.3) is 10.2 Å². The molecule has 0 aliphatic heterocycles. The molecule has 2 heterocycles. The summed E-state index contributed by atoms with van der Waals surface area (Å²) in [6, 6.07) is 6.12. The Balaban J connectivity index is 1.79. The van der Waals surface area contributed by atoms with Gasteiger partial charge in [-0.05, 0) is 18.2 Å². The standard InChI is InChI=1S/C13H6F3N3O4S2/c14-13(15,16)23-6-1-2-7-9(5-6)25-12(17-7)18-11(20)8-3-4-10(24-8)19(21)22/h1-5H,(H,17,18,20). The summed E-state index contributed by atoms with van der Waals surface area (Å²) in [6.45, 7) is 0. The van der Waals surface area contributed by atoms with Crippen molar-refractivity contribution in [3.8, 4) is 5.75 Å². The maximum Gasteiger partial charge on any atom is 0.573 e. The number of alkyl halides is 3. The van der Waals surface area contributed by atoms with Crippen LogP contribution in [0.15, 0.2) is 30.3 Å². The smallest absolute Gasteiger partial charge is 0.406 e. The van der Waals surface area contributed by atoms with Crippen molar-refractivity contribution in [3.63, 3.8) is 0 Å². The third-order valence-electron chi connectivity index (χ3n) is 2.81. The second-order valence-electron chi connectivity index (χ2n) is 4.55. The van der Waals surface area contributed by atoms with Crippen LogP contribution in [-0.2, 0) is 0 Å². The molecule has 12 heteroatoms. The molecule has 0 atom stereocenters. The Morgan fingerprint density at radius 1 is 1.24 bits per heavy atom. The predicted molar refractivity (Wildman–Crippen MR) is 85.2 cm³/mol. The molecule has 3 rings (SSSR count). The Bertz CT molecular complexity index is 967. The normalized spacial score (nSPS) is 11.5. The maximum atomic E-state index is 12.2. The van der Waals surface area contributed by atoms with Crippen LogP contribution in [0.3, 0.4) is 0 Å². The van der Waals surface area contributed by atoms with Crippen molar-refractivity contribution in [2.45, 2.75) is 6.36 Å². The van der Waals surface area contributed by atoms with Gasteiger partial charge in [0.05, 0.1) is 20.0 Å². The number of thiazole rings is 1. The lowest BCUT2D eigenvalue weighted by molar-refractivity contribution is -0.380. The molecule has 0 saturated heterocycles. The average Bonchev–Trinajstić information content (AvgIpc) is 3.11. The van der Waals surface area contributed by atoms with Crippen molar-refractivity contribution >= 4 is 48.9 Å². The highest BCUT2D eigenvalue weighted by atomic mass is 32.1. The van der Waals surface area contributed by atoms with Crippen LogP contribution in [0.2, 0.25) is 0 Å². The van der Waals surface area contributed by atoms with Crippen LogP contribution in [-0.4, -0.2) is 22.2 Å². The summed E-state index contributed by atoms with van der Waals surface area (Å²) >= 11 is 1.66. The number of benzene rings is 1. The number of amides is 1. The van der Waals surface area contributed by atoms with Crippen LogP contribution < -0.4 is 10.1 Å². The van der Waals surface area contributed by atoms with Gasteiger partial charge in [-0.15, -0.1) is 13.2 Å². The second kappa shape index (κ2) is 6.29. The van der Waals surface area contributed by atoms with Crippen LogP contribution >= 0.6 is 22.7 Å². The SMILES string of the molecule is O=C(Nc1nc2ccc(OC(F)(F)F)cc2s1)c1ccc([N+](=O)[O-])s1. The zero-order valence-corrected chi connectivity index (χ0v) is 13.5. The Hall–Kier alpha value is -2.73. The molecule has 0 saturated carbocycles. The molecule has 0 radical (unpaired) electrons. The maximum absolute atomic E-state index is 12.2. The summed E-state index contributed by atoms with van der Waals surface area (Å²) in [7, 11) is 0. The molecular weight excluding hydrogens is 383 g/mol. The number of fused-ring (bicyclic) bond motifs is 1. The van der Waals surface area contributed by atoms with Crippen LogP contribution in [0, 0.1) is 10.1 Å². The van der Waals surface area contributed by atoms with E-state index in [2.05, 4.69) is 15.0 Å². The molecule has 0 aliphatic rings. The van der Waals surface area contributed by atoms with Gasteiger partial charge in [-0.3, -0.25) is 20.2 Å². The number of ether oxygens (including phenoxy) is 1. The van der Waals surface area contributed by atoms with Gasteiger partial charge in [0, 0.05) is 12.1 Å². The van der Waals surface area contributed by atoms with E-state index >= 15 is 0 Å². The first kappa shape index (κ1) is 17.1. The summed E-state index contributed by atoms with van der Waals surface area (Å²) in [5, 5.41) is 13.1. The summed E-state index contributed by atoms with van der Waals surface area (Å²) in [4.78, 5) is 26.3. The first-order valence-electron chi connectivity index (χ1n) is 6.43. The number of carbonyl (C=O) groups is 1. The Morgan fingerprint density at radius 2 is 2.00 bits per heavy atom. The molecule has 3 aromatic rings. The number of thiophene rings is 1. The van der Waals surface area contributed by atoms with E-state index < -0.39 is 22.9 Å². The van der Waals surface area contributed by atoms with Gasteiger partial charge in [0.1, 0.15) is 5.75 Å². The van der Waals surface area contributed by atoms with Gasteiger partial charge in [0.25, 0.3) is 5.91 Å². The molecule has 1 N–H and O–H groups in total. The summed E-state index contributed by atoms with van der Waals surface area (Å²) in [5.74, 6) is -0.987. The molecule has 1 aromatic carbocycles. The van der Waals surface area contributed by atoms with Gasteiger partial charge in [-0.25, -0.2) is 4.98 Å². The van der Waals surface area contributed by atoms with Gasteiger partial charge in [-0.1, -0.05) is 22.7 Å². The van der Waals surface area contributed by atoms with Gasteiger partial charge in [0.15, 0.2) is 5.13 Å². The van der Waals surface area contributed by atoms with Crippen LogP contribution in [0.1, 0.15) is 9.67 Å². The predicted octanol–water partition coefficient (Wildman–Crippen LogP) is 4.42. The van der Waals surface area contributed by atoms with E-state index in [9.17, 15) is 28.1 Å². The topological polar surface area (TPSA) is 94.4 Å². The third-order valence-corrected chi connectivity index (χ3v) is 4.78. The highest BCUT2D eigenvalue weighted by Gasteiger charge is 2.31. The first-order valence-corrected chi connectivity index (χ1v) is 8.06. The van der Waals surface area contributed by atoms with Crippen molar-refractivity contribution in [3.05, 3.63) is 45.3 Å². The van der Waals surface area contributed by atoms with Crippen molar-refractivity contribution in [2.75, 3.05) is 5.32 Å². The molecule has 25 heavy (non-hydrogen) atoms. The van der Waals surface area contributed by atoms with Crippen LogP contribution in [0.4, 0.5) is 23.3 Å². The number of nitrogens with one attached hydrogen (secondary N) is 1. The molecule has 0 spiro atoms. The Labute approximate surface area is 144 Å². The zero-order chi connectivity index (χ0) is 18.2. The number of nitrogens with zero attached hydrogens (tertiary/aromatic N) is 2. The fourth-order valence-corrected chi connectivity index (χ4v) is 3.47. The molecule has 2 aromatic heterocycles. The van der Waals surface area contributed by atoms with Crippen molar-refractivity contribution in [1.29, 1.82) is 0 Å². The average molecular weight is 389 g/mol. The van der Waals surface area contributed by atoms with Crippen molar-refractivity contribution in [1.82, 2.24) is 4.98 Å². The molecule has 130 valence electrons. The minimum absolute atomic E-state index is 0.118. The largest absolute Gasteiger partial charge is 0.573 e. The fraction of sp³-hybridized carbons (Fsp3) is 0.0769. The Kier molecular flexibility index (Phi) is 4.30. The van der Waals surface area contributed by atoms with E-state index in [4.69, 9.17) is 0 Å². The van der Waals surface area contributed by atoms with Crippen LogP contribution in [0.5, 0.6) is 5.75 Å². The lowest BCUT2D eigenvalue weighted by Crippen LogP contribution is -2.16. The monoisotopic (exact) mass is 389 g/mol. The summed E-state index contributed by atoms with van der Waals surface area (Å²) < 4.78 is 40.9. The quantitative estimate of drug-likeness (QED) is 0.527. The first-order chi connectivity index (χ1) is 11.7. The summed E-state index contributed by atoms with van der Waals surface area (Å²) in [6.07, 6.45) is -4.80. The van der Waals surface area contributed by atoms with E-state index in [1.54, 1.807) is 0 Å². The van der Waals surface area contributed by atoms with E-state index in [-0.39, 0.29) is 15.0 Å². The molecule has 0 aliphatic carbocycles. The van der Waals surface area contributed by atoms with Gasteiger partial charge in [0.2, 0.25) is 0 Å². The number of carbonyl (C=O) groups excluding carboxylic acids is 1. The zero-order valence-electron chi connectivity index (χ0n) is 11.9. The lowest BCUT2D eigenvalue weighted by Gasteiger charge is -2.07. The molecule has 0 unspecified atom stereocenters. The number of rotatable bonds is 4. The van der Waals surface area contributed by atoms with Gasteiger partial charge >= 0.3 is 11.4 Å². The van der Waals surface area contributed by atoms with Gasteiger partial charge in [-0.2, -0.15) is 0 Å². The van der Waals surface area contributed by atoms with Gasteiger partial charge < -0.3 is 4.74 Å². The number of hydrogen-bond donors (Lipinski definition) is 1. The minimum atomic E-state index is -4.80. The minimum Gasteiger partial charge on any atom is -0.406 e. The molecule has 7 nitrogen and oxygen atoms in total. The molecular formula is C13H6F3N3O4S2. The number of halogens is 3. The number of aromatic nitrogens is 1. The molecule has 0 bridgehead atoms. The second-order valence-corrected chi connectivity index (χ2v) is 6.64. The Morgan fingerprint density at radius 3 is 2.64 bits per heavy atom. The van der Waals surface area contributed by atoms with E-state index in [1.165, 1.54) is 18.2 Å². The third kappa shape index (κ3) is 4.03. The number of hydrogen-bond acceptors (Lipinski definition) is 7. The van der Waals surface area contributed by atoms with E-state index in [0.29, 0.717) is 21.6 Å². The lowest BCUT2D eigenvalue weighted by atomic mass is 10.3. The molecule has 0 fully saturated rings. The van der Waals surface area contributed by atoms with Crippen molar-refractivity contribution < 1.29 is 27.6 Å². The number of nitro groups is 1. The summed E-state index contributed by atoms with van der Waals surface area (Å²) in [5.41, 5.74) is 0.381.